The van der Waals surface area contributed by atoms with E-state index < -0.39 is 20.7 Å². The van der Waals surface area contributed by atoms with Gasteiger partial charge >= 0.3 is 0 Å². The summed E-state index contributed by atoms with van der Waals surface area (Å²) in [4.78, 5) is 0.324. The third-order valence-electron chi connectivity index (χ3n) is 3.98. The van der Waals surface area contributed by atoms with E-state index in [1.807, 2.05) is 13.8 Å². The summed E-state index contributed by atoms with van der Waals surface area (Å²) in [5.74, 6) is 0.0317. The first-order valence-corrected chi connectivity index (χ1v) is 7.93. The summed E-state index contributed by atoms with van der Waals surface area (Å²) in [5.41, 5.74) is 0. The van der Waals surface area contributed by atoms with Crippen LogP contribution in [-0.2, 0) is 9.84 Å². The van der Waals surface area contributed by atoms with Crippen LogP contribution in [0.5, 0.6) is 0 Å². The fraction of sp³-hybridized carbons (Fsp3) is 0.571. The van der Waals surface area contributed by atoms with Crippen LogP contribution in [0.15, 0.2) is 35.2 Å². The molecule has 1 unspecified atom stereocenters. The fourth-order valence-electron chi connectivity index (χ4n) is 2.77. The molecule has 0 heterocycles. The lowest BCUT2D eigenvalue weighted by Gasteiger charge is -2.23. The van der Waals surface area contributed by atoms with Crippen LogP contribution in [0.4, 0.5) is 0 Å². The van der Waals surface area contributed by atoms with Gasteiger partial charge in [0.2, 0.25) is 0 Å². The highest BCUT2D eigenvalue weighted by Gasteiger charge is 2.65. The summed E-state index contributed by atoms with van der Waals surface area (Å²) >= 11 is 0. The minimum Gasteiger partial charge on any atom is -0.391 e. The normalized spacial score (nSPS) is 28.9. The Bertz CT molecular complexity index is 509. The van der Waals surface area contributed by atoms with Crippen molar-refractivity contribution in [1.82, 2.24) is 0 Å². The molecule has 3 atom stereocenters. The van der Waals surface area contributed by atoms with Gasteiger partial charge in [-0.1, -0.05) is 38.5 Å². The molecular formula is C14H20O3S. The number of aliphatic hydroxyl groups excluding tert-OH is 1. The van der Waals surface area contributed by atoms with Gasteiger partial charge in [0, 0.05) is 0 Å². The average molecular weight is 268 g/mol. The molecule has 100 valence electrons. The molecule has 0 bridgehead atoms. The molecule has 1 saturated carbocycles. The molecule has 0 radical (unpaired) electrons. The summed E-state index contributed by atoms with van der Waals surface area (Å²) in [6.45, 7) is 3.86. The van der Waals surface area contributed by atoms with Gasteiger partial charge in [-0.25, -0.2) is 8.42 Å². The Kier molecular flexibility index (Phi) is 3.52. The number of hydrogen-bond donors (Lipinski definition) is 1. The smallest absolute Gasteiger partial charge is 0.186 e. The van der Waals surface area contributed by atoms with E-state index in [1.54, 1.807) is 30.3 Å². The number of rotatable bonds is 5. The molecule has 1 aromatic carbocycles. The lowest BCUT2D eigenvalue weighted by Crippen LogP contribution is -2.38. The Hall–Kier alpha value is -0.870. The van der Waals surface area contributed by atoms with E-state index in [9.17, 15) is 13.5 Å². The maximum absolute atomic E-state index is 12.7. The summed E-state index contributed by atoms with van der Waals surface area (Å²) in [6, 6.07) is 8.46. The number of aliphatic hydroxyl groups is 1. The molecule has 0 saturated heterocycles. The van der Waals surface area contributed by atoms with E-state index in [1.165, 1.54) is 0 Å². The van der Waals surface area contributed by atoms with E-state index in [4.69, 9.17) is 0 Å². The predicted molar refractivity (Wildman–Crippen MR) is 71.1 cm³/mol. The largest absolute Gasteiger partial charge is 0.391 e. The van der Waals surface area contributed by atoms with Crippen molar-refractivity contribution in [1.29, 1.82) is 0 Å². The monoisotopic (exact) mass is 268 g/mol. The van der Waals surface area contributed by atoms with Crippen molar-refractivity contribution in [3.8, 4) is 0 Å². The summed E-state index contributed by atoms with van der Waals surface area (Å²) in [7, 11) is -3.45. The molecule has 0 spiro atoms. The molecule has 1 fully saturated rings. The first-order valence-electron chi connectivity index (χ1n) is 6.44. The van der Waals surface area contributed by atoms with Crippen molar-refractivity contribution in [2.24, 2.45) is 5.92 Å². The van der Waals surface area contributed by atoms with Crippen molar-refractivity contribution >= 4 is 9.84 Å². The Morgan fingerprint density at radius 2 is 1.94 bits per heavy atom. The molecule has 1 aliphatic rings. The second-order valence-corrected chi connectivity index (χ2v) is 7.42. The highest BCUT2D eigenvalue weighted by molar-refractivity contribution is 7.93. The van der Waals surface area contributed by atoms with Gasteiger partial charge in [0.1, 0.15) is 4.75 Å². The van der Waals surface area contributed by atoms with Crippen LogP contribution in [0.2, 0.25) is 0 Å². The maximum atomic E-state index is 12.7. The van der Waals surface area contributed by atoms with Crippen LogP contribution in [-0.4, -0.2) is 24.4 Å². The van der Waals surface area contributed by atoms with Gasteiger partial charge in [0.05, 0.1) is 11.0 Å². The second kappa shape index (κ2) is 4.67. The second-order valence-electron chi connectivity index (χ2n) is 5.18. The zero-order valence-corrected chi connectivity index (χ0v) is 11.7. The van der Waals surface area contributed by atoms with Gasteiger partial charge in [0.25, 0.3) is 0 Å². The highest BCUT2D eigenvalue weighted by Crippen LogP contribution is 2.55. The zero-order valence-electron chi connectivity index (χ0n) is 10.8. The maximum Gasteiger partial charge on any atom is 0.186 e. The van der Waals surface area contributed by atoms with Crippen LogP contribution in [0, 0.1) is 5.92 Å². The molecule has 0 aliphatic heterocycles. The lowest BCUT2D eigenvalue weighted by atomic mass is 10.1. The lowest BCUT2D eigenvalue weighted by molar-refractivity contribution is 0.144. The van der Waals surface area contributed by atoms with E-state index in [0.717, 1.165) is 6.42 Å². The fourth-order valence-corrected chi connectivity index (χ4v) is 5.20. The number of benzene rings is 1. The van der Waals surface area contributed by atoms with Crippen molar-refractivity contribution in [3.63, 3.8) is 0 Å². The SMILES string of the molecule is CCCC(O)[C@@]1(S(=O)(=O)c2ccccc2)C[C@H]1C. The van der Waals surface area contributed by atoms with Crippen molar-refractivity contribution in [2.75, 3.05) is 0 Å². The Morgan fingerprint density at radius 1 is 1.39 bits per heavy atom. The van der Waals surface area contributed by atoms with E-state index in [0.29, 0.717) is 17.7 Å². The highest BCUT2D eigenvalue weighted by atomic mass is 32.2. The van der Waals surface area contributed by atoms with E-state index in [2.05, 4.69) is 0 Å². The predicted octanol–water partition coefficient (Wildman–Crippen LogP) is 2.40. The standard InChI is InChI=1S/C14H20O3S/c1-3-7-13(15)14(10-11(14)2)18(16,17)12-8-5-4-6-9-12/h4-6,8-9,11,13,15H,3,7,10H2,1-2H3/t11-,13?,14-/m1/s1. The van der Waals surface area contributed by atoms with Crippen molar-refractivity contribution < 1.29 is 13.5 Å². The summed E-state index contributed by atoms with van der Waals surface area (Å²) in [6.07, 6.45) is 1.13. The molecule has 1 aliphatic carbocycles. The van der Waals surface area contributed by atoms with Crippen LogP contribution >= 0.6 is 0 Å². The van der Waals surface area contributed by atoms with Gasteiger partial charge in [0.15, 0.2) is 9.84 Å². The topological polar surface area (TPSA) is 54.4 Å². The molecule has 1 N–H and O–H groups in total. The van der Waals surface area contributed by atoms with Gasteiger partial charge < -0.3 is 5.11 Å². The van der Waals surface area contributed by atoms with Crippen molar-refractivity contribution in [3.05, 3.63) is 30.3 Å². The molecule has 3 nitrogen and oxygen atoms in total. The van der Waals surface area contributed by atoms with Crippen LogP contribution in [0.1, 0.15) is 33.1 Å². The minimum absolute atomic E-state index is 0.0317. The number of hydrogen-bond acceptors (Lipinski definition) is 3. The van der Waals surface area contributed by atoms with Gasteiger partial charge in [-0.2, -0.15) is 0 Å². The van der Waals surface area contributed by atoms with Gasteiger partial charge in [-0.15, -0.1) is 0 Å². The summed E-state index contributed by atoms with van der Waals surface area (Å²) < 4.78 is 24.4. The molecule has 0 amide bonds. The Labute approximate surface area is 109 Å². The van der Waals surface area contributed by atoms with Crippen LogP contribution < -0.4 is 0 Å². The first-order chi connectivity index (χ1) is 8.46. The van der Waals surface area contributed by atoms with Gasteiger partial charge in [-0.05, 0) is 30.9 Å². The molecular weight excluding hydrogens is 248 g/mol. The van der Waals surface area contributed by atoms with Crippen LogP contribution in [0.3, 0.4) is 0 Å². The zero-order chi connectivity index (χ0) is 13.4. The molecule has 1 aromatic rings. The van der Waals surface area contributed by atoms with Crippen LogP contribution in [0.25, 0.3) is 0 Å². The Morgan fingerprint density at radius 3 is 2.39 bits per heavy atom. The minimum atomic E-state index is -3.45. The van der Waals surface area contributed by atoms with Gasteiger partial charge in [-0.3, -0.25) is 0 Å². The third kappa shape index (κ3) is 1.88. The third-order valence-corrected chi connectivity index (χ3v) is 6.71. The average Bonchev–Trinajstić information content (AvgIpc) is 3.04. The quantitative estimate of drug-likeness (QED) is 0.892. The molecule has 2 rings (SSSR count). The van der Waals surface area contributed by atoms with E-state index in [-0.39, 0.29) is 5.92 Å². The molecule has 0 aromatic heterocycles. The Balaban J connectivity index is 2.40. The summed E-state index contributed by atoms with van der Waals surface area (Å²) in [5, 5.41) is 10.2. The molecule has 18 heavy (non-hydrogen) atoms. The van der Waals surface area contributed by atoms with Crippen molar-refractivity contribution in [2.45, 2.75) is 48.9 Å². The van der Waals surface area contributed by atoms with E-state index >= 15 is 0 Å². The first kappa shape index (κ1) is 13.6. The molecule has 4 heteroatoms. The number of sulfone groups is 1.